The molecule has 4 aromatic heterocycles. The molecule has 8 nitrogen and oxygen atoms in total. The molecule has 0 bridgehead atoms. The van der Waals surface area contributed by atoms with Gasteiger partial charge in [-0.1, -0.05) is 11.3 Å². The molecular weight excluding hydrogens is 324 g/mol. The predicted octanol–water partition coefficient (Wildman–Crippen LogP) is 2.52. The molecule has 120 valence electrons. The van der Waals surface area contributed by atoms with Gasteiger partial charge in [-0.15, -0.1) is 10.2 Å². The molecule has 3 N–H and O–H groups in total. The number of nitrogen functional groups attached to an aromatic ring is 1. The Morgan fingerprint density at radius 3 is 2.71 bits per heavy atom. The van der Waals surface area contributed by atoms with E-state index in [0.29, 0.717) is 11.3 Å². The van der Waals surface area contributed by atoms with E-state index in [0.717, 1.165) is 32.5 Å². The Bertz CT molecular complexity index is 1040. The number of pyridine rings is 2. The van der Waals surface area contributed by atoms with Gasteiger partial charge in [-0.3, -0.25) is 9.67 Å². The summed E-state index contributed by atoms with van der Waals surface area (Å²) in [5.74, 6) is 0.416. The van der Waals surface area contributed by atoms with E-state index < -0.39 is 0 Å². The van der Waals surface area contributed by atoms with Crippen LogP contribution in [0.25, 0.3) is 21.6 Å². The Hall–Kier alpha value is -3.07. The fraction of sp³-hybridized carbons (Fsp3) is 0.133. The van der Waals surface area contributed by atoms with Crippen molar-refractivity contribution in [2.75, 3.05) is 11.1 Å². The Morgan fingerprint density at radius 2 is 2.00 bits per heavy atom. The highest BCUT2D eigenvalue weighted by molar-refractivity contribution is 7.14. The third-order valence-electron chi connectivity index (χ3n) is 3.45. The molecule has 0 unspecified atom stereocenters. The van der Waals surface area contributed by atoms with Gasteiger partial charge < -0.3 is 11.1 Å². The Balaban J connectivity index is 1.73. The van der Waals surface area contributed by atoms with E-state index >= 15 is 0 Å². The molecule has 0 radical (unpaired) electrons. The maximum atomic E-state index is 6.10. The minimum absolute atomic E-state index is 0.416. The SMILES string of the molecule is Cc1nnc(-c2cc3ncc(Nc4cnn(C)c4)cc3nc2N)s1. The van der Waals surface area contributed by atoms with Crippen molar-refractivity contribution in [2.45, 2.75) is 6.92 Å². The number of fused-ring (bicyclic) bond motifs is 1. The Labute approximate surface area is 141 Å². The van der Waals surface area contributed by atoms with Crippen LogP contribution in [-0.2, 0) is 7.05 Å². The van der Waals surface area contributed by atoms with Gasteiger partial charge in [-0.05, 0) is 19.1 Å². The maximum absolute atomic E-state index is 6.10. The van der Waals surface area contributed by atoms with E-state index in [1.54, 1.807) is 17.1 Å². The first kappa shape index (κ1) is 14.5. The largest absolute Gasteiger partial charge is 0.383 e. The van der Waals surface area contributed by atoms with Crippen molar-refractivity contribution in [3.05, 3.63) is 35.7 Å². The van der Waals surface area contributed by atoms with Crippen LogP contribution in [0.2, 0.25) is 0 Å². The summed E-state index contributed by atoms with van der Waals surface area (Å²) in [5, 5.41) is 17.1. The third-order valence-corrected chi connectivity index (χ3v) is 4.32. The zero-order chi connectivity index (χ0) is 16.7. The van der Waals surface area contributed by atoms with E-state index in [-0.39, 0.29) is 0 Å². The van der Waals surface area contributed by atoms with Crippen LogP contribution >= 0.6 is 11.3 Å². The molecule has 0 spiro atoms. The fourth-order valence-corrected chi connectivity index (χ4v) is 3.08. The van der Waals surface area contributed by atoms with Gasteiger partial charge in [0.2, 0.25) is 0 Å². The smallest absolute Gasteiger partial charge is 0.151 e. The highest BCUT2D eigenvalue weighted by atomic mass is 32.1. The van der Waals surface area contributed by atoms with Crippen LogP contribution in [0.1, 0.15) is 5.01 Å². The zero-order valence-corrected chi connectivity index (χ0v) is 13.9. The molecule has 4 rings (SSSR count). The number of rotatable bonds is 3. The van der Waals surface area contributed by atoms with Gasteiger partial charge in [-0.25, -0.2) is 4.98 Å². The lowest BCUT2D eigenvalue weighted by atomic mass is 10.2. The average Bonchev–Trinajstić information content (AvgIpc) is 3.15. The summed E-state index contributed by atoms with van der Waals surface area (Å²) in [4.78, 5) is 8.93. The first-order chi connectivity index (χ1) is 11.6. The van der Waals surface area contributed by atoms with Crippen molar-refractivity contribution >= 4 is 39.6 Å². The van der Waals surface area contributed by atoms with Gasteiger partial charge >= 0.3 is 0 Å². The van der Waals surface area contributed by atoms with Gasteiger partial charge in [0.1, 0.15) is 10.8 Å². The number of hydrogen-bond acceptors (Lipinski definition) is 8. The summed E-state index contributed by atoms with van der Waals surface area (Å²) in [7, 11) is 1.86. The standard InChI is InChI=1S/C15H14N8S/c1-8-21-22-15(24-8)11-4-12-13(20-14(11)16)3-9(5-17-12)19-10-6-18-23(2)7-10/h3-7,19H,1-2H3,(H2,16,20). The molecule has 0 saturated carbocycles. The van der Waals surface area contributed by atoms with Crippen molar-refractivity contribution in [3.63, 3.8) is 0 Å². The zero-order valence-electron chi connectivity index (χ0n) is 13.1. The molecule has 0 atom stereocenters. The average molecular weight is 338 g/mol. The first-order valence-electron chi connectivity index (χ1n) is 7.21. The summed E-state index contributed by atoms with van der Waals surface area (Å²) in [6, 6.07) is 3.80. The third kappa shape index (κ3) is 2.65. The molecular formula is C15H14N8S. The van der Waals surface area contributed by atoms with E-state index in [4.69, 9.17) is 5.73 Å². The molecule has 4 aromatic rings. The number of aryl methyl sites for hydroxylation is 2. The van der Waals surface area contributed by atoms with Gasteiger partial charge in [0, 0.05) is 13.2 Å². The molecule has 0 aromatic carbocycles. The lowest BCUT2D eigenvalue weighted by Gasteiger charge is -2.07. The molecule has 0 aliphatic carbocycles. The van der Waals surface area contributed by atoms with Crippen LogP contribution in [0.5, 0.6) is 0 Å². The number of nitrogens with two attached hydrogens (primary N) is 1. The van der Waals surface area contributed by atoms with Gasteiger partial charge in [0.25, 0.3) is 0 Å². The second-order valence-electron chi connectivity index (χ2n) is 5.34. The van der Waals surface area contributed by atoms with E-state index in [1.165, 1.54) is 11.3 Å². The van der Waals surface area contributed by atoms with Gasteiger partial charge in [-0.2, -0.15) is 5.10 Å². The topological polar surface area (TPSA) is 107 Å². The van der Waals surface area contributed by atoms with Crippen LogP contribution in [0.3, 0.4) is 0 Å². The van der Waals surface area contributed by atoms with Gasteiger partial charge in [0.15, 0.2) is 5.01 Å². The number of nitrogens with zero attached hydrogens (tertiary/aromatic N) is 6. The number of aromatic nitrogens is 6. The van der Waals surface area contributed by atoms with Crippen molar-refractivity contribution in [3.8, 4) is 10.6 Å². The van der Waals surface area contributed by atoms with Crippen LogP contribution < -0.4 is 11.1 Å². The monoisotopic (exact) mass is 338 g/mol. The minimum Gasteiger partial charge on any atom is -0.383 e. The van der Waals surface area contributed by atoms with E-state index in [9.17, 15) is 0 Å². The second kappa shape index (κ2) is 5.53. The first-order valence-corrected chi connectivity index (χ1v) is 8.02. The summed E-state index contributed by atoms with van der Waals surface area (Å²) in [6.07, 6.45) is 5.38. The van der Waals surface area contributed by atoms with Crippen molar-refractivity contribution in [1.29, 1.82) is 0 Å². The second-order valence-corrected chi connectivity index (χ2v) is 6.52. The Kier molecular flexibility index (Phi) is 3.35. The van der Waals surface area contributed by atoms with Crippen molar-refractivity contribution in [2.24, 2.45) is 7.05 Å². The molecule has 4 heterocycles. The molecule has 0 aliphatic heterocycles. The summed E-state index contributed by atoms with van der Waals surface area (Å²) in [5.41, 5.74) is 10.0. The van der Waals surface area contributed by atoms with Gasteiger partial charge in [0.05, 0.1) is 40.4 Å². The molecule has 9 heteroatoms. The van der Waals surface area contributed by atoms with E-state index in [2.05, 4.69) is 30.6 Å². The Morgan fingerprint density at radius 1 is 1.12 bits per heavy atom. The number of anilines is 3. The molecule has 0 saturated heterocycles. The lowest BCUT2D eigenvalue weighted by molar-refractivity contribution is 0.768. The molecule has 0 amide bonds. The number of nitrogens with one attached hydrogen (secondary N) is 1. The van der Waals surface area contributed by atoms with Crippen LogP contribution in [0.15, 0.2) is 30.7 Å². The maximum Gasteiger partial charge on any atom is 0.151 e. The minimum atomic E-state index is 0.416. The molecule has 24 heavy (non-hydrogen) atoms. The van der Waals surface area contributed by atoms with Crippen molar-refractivity contribution in [1.82, 2.24) is 29.9 Å². The summed E-state index contributed by atoms with van der Waals surface area (Å²) in [6.45, 7) is 1.90. The number of hydrogen-bond donors (Lipinski definition) is 2. The predicted molar refractivity (Wildman–Crippen MR) is 94.1 cm³/mol. The molecule has 0 aliphatic rings. The summed E-state index contributed by atoms with van der Waals surface area (Å²) >= 11 is 1.48. The molecule has 0 fully saturated rings. The summed E-state index contributed by atoms with van der Waals surface area (Å²) < 4.78 is 1.73. The fourth-order valence-electron chi connectivity index (χ4n) is 2.36. The normalized spacial score (nSPS) is 11.1. The van der Waals surface area contributed by atoms with Crippen LogP contribution in [0.4, 0.5) is 17.2 Å². The quantitative estimate of drug-likeness (QED) is 0.591. The highest BCUT2D eigenvalue weighted by Gasteiger charge is 2.12. The lowest BCUT2D eigenvalue weighted by Crippen LogP contribution is -1.97. The van der Waals surface area contributed by atoms with E-state index in [1.807, 2.05) is 32.3 Å². The van der Waals surface area contributed by atoms with Crippen LogP contribution in [-0.4, -0.2) is 29.9 Å². The van der Waals surface area contributed by atoms with Crippen LogP contribution in [0, 0.1) is 6.92 Å². The highest BCUT2D eigenvalue weighted by Crippen LogP contribution is 2.30. The van der Waals surface area contributed by atoms with Crippen molar-refractivity contribution < 1.29 is 0 Å².